The highest BCUT2D eigenvalue weighted by Gasteiger charge is 2.42. The Kier molecular flexibility index (Phi) is 5.69. The molecule has 1 N–H and O–H groups in total. The minimum Gasteiger partial charge on any atom is -0.497 e. The van der Waals surface area contributed by atoms with Crippen molar-refractivity contribution in [2.75, 3.05) is 33.3 Å². The number of benzene rings is 1. The first-order valence-corrected chi connectivity index (χ1v) is 9.47. The molecule has 0 bridgehead atoms. The predicted octanol–water partition coefficient (Wildman–Crippen LogP) is 2.45. The van der Waals surface area contributed by atoms with Crippen LogP contribution in [0.15, 0.2) is 24.3 Å². The zero-order valence-corrected chi connectivity index (χ0v) is 15.9. The van der Waals surface area contributed by atoms with Gasteiger partial charge in [-0.3, -0.25) is 4.79 Å². The van der Waals surface area contributed by atoms with Gasteiger partial charge < -0.3 is 19.9 Å². The van der Waals surface area contributed by atoms with Crippen LogP contribution < -0.4 is 10.1 Å². The molecule has 26 heavy (non-hydrogen) atoms. The van der Waals surface area contributed by atoms with E-state index in [1.807, 2.05) is 43.0 Å². The number of ether oxygens (including phenoxy) is 1. The summed E-state index contributed by atoms with van der Waals surface area (Å²) in [7, 11) is 1.64. The van der Waals surface area contributed by atoms with Gasteiger partial charge in [-0.2, -0.15) is 0 Å². The molecule has 2 heterocycles. The third kappa shape index (κ3) is 3.94. The molecule has 2 saturated heterocycles. The molecule has 6 heteroatoms. The first-order chi connectivity index (χ1) is 12.5. The molecule has 1 aromatic carbocycles. The molecular weight excluding hydrogens is 330 g/mol. The van der Waals surface area contributed by atoms with Gasteiger partial charge >= 0.3 is 6.03 Å². The van der Waals surface area contributed by atoms with Crippen LogP contribution in [-0.2, 0) is 4.79 Å². The lowest BCUT2D eigenvalue weighted by Crippen LogP contribution is -2.43. The van der Waals surface area contributed by atoms with Crippen LogP contribution in [-0.4, -0.2) is 61.1 Å². The molecule has 0 aromatic heterocycles. The fourth-order valence-electron chi connectivity index (χ4n) is 3.92. The van der Waals surface area contributed by atoms with Gasteiger partial charge in [-0.15, -0.1) is 0 Å². The highest BCUT2D eigenvalue weighted by molar-refractivity contribution is 5.83. The number of carbonyl (C=O) groups excluding carboxylic acids is 2. The first kappa shape index (κ1) is 18.5. The molecule has 2 fully saturated rings. The molecule has 3 rings (SSSR count). The quantitative estimate of drug-likeness (QED) is 0.898. The van der Waals surface area contributed by atoms with Gasteiger partial charge in [0.1, 0.15) is 5.75 Å². The van der Waals surface area contributed by atoms with E-state index in [2.05, 4.69) is 5.32 Å². The Labute approximate surface area is 155 Å². The SMILES string of the molecule is COc1ccc(C2CN(C(=O)NC(C)C)CC2C(=O)N2CCCC2)cc1. The molecule has 1 aromatic rings. The second-order valence-electron chi connectivity index (χ2n) is 7.53. The summed E-state index contributed by atoms with van der Waals surface area (Å²) < 4.78 is 5.24. The van der Waals surface area contributed by atoms with E-state index in [1.165, 1.54) is 0 Å². The minimum absolute atomic E-state index is 0.0203. The van der Waals surface area contributed by atoms with Crippen LogP contribution in [0, 0.1) is 5.92 Å². The first-order valence-electron chi connectivity index (χ1n) is 9.47. The van der Waals surface area contributed by atoms with Crippen molar-refractivity contribution < 1.29 is 14.3 Å². The summed E-state index contributed by atoms with van der Waals surface area (Å²) in [6, 6.07) is 7.85. The van der Waals surface area contributed by atoms with Gasteiger partial charge in [-0.25, -0.2) is 4.79 Å². The van der Waals surface area contributed by atoms with Crippen LogP contribution >= 0.6 is 0 Å². The third-order valence-electron chi connectivity index (χ3n) is 5.30. The molecule has 2 aliphatic rings. The monoisotopic (exact) mass is 359 g/mol. The van der Waals surface area contributed by atoms with Gasteiger partial charge in [0, 0.05) is 38.1 Å². The van der Waals surface area contributed by atoms with Crippen LogP contribution in [0.1, 0.15) is 38.2 Å². The average Bonchev–Trinajstić information content (AvgIpc) is 3.30. The van der Waals surface area contributed by atoms with Crippen LogP contribution in [0.25, 0.3) is 0 Å². The number of amides is 3. The molecule has 3 amide bonds. The smallest absolute Gasteiger partial charge is 0.317 e. The summed E-state index contributed by atoms with van der Waals surface area (Å²) in [6.45, 7) is 6.61. The van der Waals surface area contributed by atoms with Gasteiger partial charge in [0.15, 0.2) is 0 Å². The second-order valence-corrected chi connectivity index (χ2v) is 7.53. The molecule has 2 unspecified atom stereocenters. The van der Waals surface area contributed by atoms with E-state index in [9.17, 15) is 9.59 Å². The van der Waals surface area contributed by atoms with Crippen molar-refractivity contribution in [1.29, 1.82) is 0 Å². The molecule has 0 aliphatic carbocycles. The van der Waals surface area contributed by atoms with Crippen molar-refractivity contribution >= 4 is 11.9 Å². The Hall–Kier alpha value is -2.24. The number of likely N-dealkylation sites (tertiary alicyclic amines) is 2. The number of methoxy groups -OCH3 is 1. The van der Waals surface area contributed by atoms with Crippen LogP contribution in [0.2, 0.25) is 0 Å². The van der Waals surface area contributed by atoms with Gasteiger partial charge in [-0.1, -0.05) is 12.1 Å². The van der Waals surface area contributed by atoms with E-state index in [1.54, 1.807) is 12.0 Å². The number of carbonyl (C=O) groups is 2. The van der Waals surface area contributed by atoms with Gasteiger partial charge in [-0.05, 0) is 44.4 Å². The molecule has 6 nitrogen and oxygen atoms in total. The zero-order valence-electron chi connectivity index (χ0n) is 15.9. The summed E-state index contributed by atoms with van der Waals surface area (Å²) in [5.74, 6) is 0.818. The Bertz CT molecular complexity index is 638. The normalized spacial score (nSPS) is 22.8. The summed E-state index contributed by atoms with van der Waals surface area (Å²) in [5, 5.41) is 2.95. The maximum atomic E-state index is 13.1. The average molecular weight is 359 g/mol. The topological polar surface area (TPSA) is 61.9 Å². The largest absolute Gasteiger partial charge is 0.497 e. The van der Waals surface area contributed by atoms with Crippen molar-refractivity contribution in [2.45, 2.75) is 38.6 Å². The molecule has 2 atom stereocenters. The number of urea groups is 1. The summed E-state index contributed by atoms with van der Waals surface area (Å²) in [5.41, 5.74) is 1.09. The van der Waals surface area contributed by atoms with Crippen molar-refractivity contribution in [2.24, 2.45) is 5.92 Å². The molecular formula is C20H29N3O3. The standard InChI is InChI=1S/C20H29N3O3/c1-14(2)21-20(25)23-12-17(15-6-8-16(26-3)9-7-15)18(13-23)19(24)22-10-4-5-11-22/h6-9,14,17-18H,4-5,10-13H2,1-3H3,(H,21,25). The number of hydrogen-bond donors (Lipinski definition) is 1. The second kappa shape index (κ2) is 7.98. The fourth-order valence-corrected chi connectivity index (χ4v) is 3.92. The van der Waals surface area contributed by atoms with E-state index < -0.39 is 0 Å². The zero-order chi connectivity index (χ0) is 18.7. The maximum absolute atomic E-state index is 13.1. The summed E-state index contributed by atoms with van der Waals surface area (Å²) in [6.07, 6.45) is 2.15. The van der Waals surface area contributed by atoms with Crippen molar-refractivity contribution in [3.05, 3.63) is 29.8 Å². The third-order valence-corrected chi connectivity index (χ3v) is 5.30. The van der Waals surface area contributed by atoms with E-state index in [0.29, 0.717) is 13.1 Å². The molecule has 0 radical (unpaired) electrons. The number of nitrogens with one attached hydrogen (secondary N) is 1. The van der Waals surface area contributed by atoms with Gasteiger partial charge in [0.2, 0.25) is 5.91 Å². The van der Waals surface area contributed by atoms with Crippen LogP contribution in [0.4, 0.5) is 4.79 Å². The Morgan fingerprint density at radius 3 is 2.31 bits per heavy atom. The van der Waals surface area contributed by atoms with Crippen molar-refractivity contribution in [1.82, 2.24) is 15.1 Å². The molecule has 2 aliphatic heterocycles. The Morgan fingerprint density at radius 1 is 1.08 bits per heavy atom. The summed E-state index contributed by atoms with van der Waals surface area (Å²) >= 11 is 0. The van der Waals surface area contributed by atoms with Gasteiger partial charge in [0.05, 0.1) is 13.0 Å². The molecule has 142 valence electrons. The Morgan fingerprint density at radius 2 is 1.73 bits per heavy atom. The van der Waals surface area contributed by atoms with E-state index in [4.69, 9.17) is 4.74 Å². The fraction of sp³-hybridized carbons (Fsp3) is 0.600. The van der Waals surface area contributed by atoms with E-state index in [0.717, 1.165) is 37.2 Å². The predicted molar refractivity (Wildman–Crippen MR) is 100 cm³/mol. The van der Waals surface area contributed by atoms with E-state index in [-0.39, 0.29) is 29.8 Å². The van der Waals surface area contributed by atoms with Crippen LogP contribution in [0.5, 0.6) is 5.75 Å². The van der Waals surface area contributed by atoms with Gasteiger partial charge in [0.25, 0.3) is 0 Å². The number of hydrogen-bond acceptors (Lipinski definition) is 3. The highest BCUT2D eigenvalue weighted by Crippen LogP contribution is 2.35. The lowest BCUT2D eigenvalue weighted by atomic mass is 9.88. The number of rotatable bonds is 4. The van der Waals surface area contributed by atoms with E-state index >= 15 is 0 Å². The minimum atomic E-state index is -0.181. The lowest BCUT2D eigenvalue weighted by molar-refractivity contribution is -0.134. The number of nitrogens with zero attached hydrogens (tertiary/aromatic N) is 2. The van der Waals surface area contributed by atoms with Crippen molar-refractivity contribution in [3.63, 3.8) is 0 Å². The maximum Gasteiger partial charge on any atom is 0.317 e. The molecule has 0 spiro atoms. The van der Waals surface area contributed by atoms with Crippen LogP contribution in [0.3, 0.4) is 0 Å². The Balaban J connectivity index is 1.81. The highest BCUT2D eigenvalue weighted by atomic mass is 16.5. The van der Waals surface area contributed by atoms with Crippen molar-refractivity contribution in [3.8, 4) is 5.75 Å². The lowest BCUT2D eigenvalue weighted by Gasteiger charge is -2.24. The molecule has 0 saturated carbocycles. The summed E-state index contributed by atoms with van der Waals surface area (Å²) in [4.78, 5) is 29.3.